The van der Waals surface area contributed by atoms with Gasteiger partial charge < -0.3 is 20.1 Å². The van der Waals surface area contributed by atoms with Crippen molar-refractivity contribution < 1.29 is 45.0 Å². The first-order valence-electron chi connectivity index (χ1n) is 12.7. The van der Waals surface area contributed by atoms with Crippen molar-refractivity contribution in [1.82, 2.24) is 10.6 Å². The molecule has 2 atom stereocenters. The van der Waals surface area contributed by atoms with E-state index in [4.69, 9.17) is 9.47 Å². The number of benzene rings is 1. The van der Waals surface area contributed by atoms with E-state index < -0.39 is 55.4 Å². The van der Waals surface area contributed by atoms with E-state index in [1.807, 2.05) is 32.0 Å². The summed E-state index contributed by atoms with van der Waals surface area (Å²) in [5, 5.41) is 5.08. The molecule has 0 aromatic heterocycles. The molecule has 0 heterocycles. The monoisotopic (exact) mass is 594 g/mol. The molecule has 1 aromatic carbocycles. The molecular formula is C25H42N2O10S2. The Morgan fingerprint density at radius 3 is 2.08 bits per heavy atom. The number of aryl methyl sites for hydroxylation is 2. The SMILES string of the molecule is Cc1cc(C)cc(OCCCC(=O)NCCC[C@H](C[C@H](CS(=O)(=O)O)NC(=O)OC(C)(C)C)CS(=O)(=O)O)c1. The highest BCUT2D eigenvalue weighted by molar-refractivity contribution is 7.86. The van der Waals surface area contributed by atoms with Gasteiger partial charge in [0.15, 0.2) is 0 Å². The lowest BCUT2D eigenvalue weighted by Crippen LogP contribution is -2.44. The quantitative estimate of drug-likeness (QED) is 0.164. The molecule has 4 N–H and O–H groups in total. The van der Waals surface area contributed by atoms with Gasteiger partial charge in [-0.3, -0.25) is 13.9 Å². The van der Waals surface area contributed by atoms with Crippen molar-refractivity contribution in [3.05, 3.63) is 29.3 Å². The van der Waals surface area contributed by atoms with Crippen LogP contribution >= 0.6 is 0 Å². The molecule has 0 aliphatic carbocycles. The first-order valence-corrected chi connectivity index (χ1v) is 15.9. The van der Waals surface area contributed by atoms with Gasteiger partial charge in [0.05, 0.1) is 18.1 Å². The van der Waals surface area contributed by atoms with Crippen LogP contribution in [-0.2, 0) is 29.8 Å². The molecule has 224 valence electrons. The Bertz CT molecular complexity index is 1140. The van der Waals surface area contributed by atoms with Crippen molar-refractivity contribution in [2.75, 3.05) is 24.7 Å². The largest absolute Gasteiger partial charge is 0.494 e. The van der Waals surface area contributed by atoms with Crippen LogP contribution in [0.1, 0.15) is 64.0 Å². The maximum Gasteiger partial charge on any atom is 0.407 e. The predicted octanol–water partition coefficient (Wildman–Crippen LogP) is 3.03. The molecule has 0 aliphatic rings. The average molecular weight is 595 g/mol. The second-order valence-corrected chi connectivity index (χ2v) is 13.7. The van der Waals surface area contributed by atoms with Gasteiger partial charge in [0, 0.05) is 19.0 Å². The maximum absolute atomic E-state index is 12.1. The Morgan fingerprint density at radius 1 is 0.949 bits per heavy atom. The smallest absolute Gasteiger partial charge is 0.407 e. The molecule has 14 heteroatoms. The summed E-state index contributed by atoms with van der Waals surface area (Å²) in [6, 6.07) is 4.69. The average Bonchev–Trinajstić information content (AvgIpc) is 2.69. The van der Waals surface area contributed by atoms with Crippen LogP contribution in [0.5, 0.6) is 5.75 Å². The van der Waals surface area contributed by atoms with Gasteiger partial charge in [-0.25, -0.2) is 4.79 Å². The first kappa shape index (κ1) is 34.6. The fourth-order valence-electron chi connectivity index (χ4n) is 4.01. The number of alkyl carbamates (subject to hydrolysis) is 1. The topological polar surface area (TPSA) is 185 Å². The minimum Gasteiger partial charge on any atom is -0.494 e. The molecule has 1 rings (SSSR count). The summed E-state index contributed by atoms with van der Waals surface area (Å²) < 4.78 is 75.5. The molecular weight excluding hydrogens is 552 g/mol. The second-order valence-electron chi connectivity index (χ2n) is 10.7. The normalized spacial score (nSPS) is 13.8. The molecule has 0 saturated heterocycles. The highest BCUT2D eigenvalue weighted by Gasteiger charge is 2.27. The number of hydrogen-bond acceptors (Lipinski definition) is 8. The molecule has 0 unspecified atom stereocenters. The van der Waals surface area contributed by atoms with Crippen molar-refractivity contribution in [3.63, 3.8) is 0 Å². The Morgan fingerprint density at radius 2 is 1.54 bits per heavy atom. The third kappa shape index (κ3) is 18.5. The van der Waals surface area contributed by atoms with Gasteiger partial charge in [-0.2, -0.15) is 16.8 Å². The van der Waals surface area contributed by atoms with Gasteiger partial charge >= 0.3 is 6.09 Å². The van der Waals surface area contributed by atoms with E-state index >= 15 is 0 Å². The fourth-order valence-corrected chi connectivity index (χ4v) is 5.64. The summed E-state index contributed by atoms with van der Waals surface area (Å²) in [7, 11) is -8.95. The molecule has 0 spiro atoms. The van der Waals surface area contributed by atoms with Crippen LogP contribution in [0.3, 0.4) is 0 Å². The summed E-state index contributed by atoms with van der Waals surface area (Å²) in [4.78, 5) is 24.3. The molecule has 0 aliphatic heterocycles. The minimum atomic E-state index is -4.52. The minimum absolute atomic E-state index is 0.178. The fraction of sp³-hybridized carbons (Fsp3) is 0.680. The van der Waals surface area contributed by atoms with Crippen LogP contribution < -0.4 is 15.4 Å². The van der Waals surface area contributed by atoms with Gasteiger partial charge in [-0.1, -0.05) is 6.07 Å². The van der Waals surface area contributed by atoms with Crippen LogP contribution in [0, 0.1) is 19.8 Å². The number of amides is 2. The highest BCUT2D eigenvalue weighted by atomic mass is 32.2. The number of carbonyl (C=O) groups is 2. The van der Waals surface area contributed by atoms with E-state index in [1.165, 1.54) is 0 Å². The Balaban J connectivity index is 2.59. The number of nitrogens with one attached hydrogen (secondary N) is 2. The van der Waals surface area contributed by atoms with Crippen molar-refractivity contribution in [2.45, 2.75) is 78.4 Å². The maximum atomic E-state index is 12.1. The first-order chi connectivity index (χ1) is 17.8. The van der Waals surface area contributed by atoms with E-state index in [9.17, 15) is 35.5 Å². The van der Waals surface area contributed by atoms with Crippen LogP contribution in [0.2, 0.25) is 0 Å². The van der Waals surface area contributed by atoms with E-state index in [0.29, 0.717) is 19.4 Å². The van der Waals surface area contributed by atoms with Crippen LogP contribution in [0.4, 0.5) is 4.79 Å². The standard InChI is InChI=1S/C25H42N2O10S2/c1-18-12-19(2)14-22(13-18)36-11-7-9-23(28)26-10-6-8-20(16-38(30,31)32)15-21(17-39(33,34)35)27-24(29)37-25(3,4)5/h12-14,20-21H,6-11,15-17H2,1-5H3,(H,26,28)(H,27,29)(H,30,31,32)(H,33,34,35)/t20-,21-/m1/s1. The van der Waals surface area contributed by atoms with Gasteiger partial charge in [-0.05, 0) is 89.5 Å². The van der Waals surface area contributed by atoms with Crippen molar-refractivity contribution in [2.24, 2.45) is 5.92 Å². The summed E-state index contributed by atoms with van der Waals surface area (Å²) in [6.07, 6.45) is 0.135. The Hall–Kier alpha value is -2.42. The highest BCUT2D eigenvalue weighted by Crippen LogP contribution is 2.19. The van der Waals surface area contributed by atoms with Crippen molar-refractivity contribution in [3.8, 4) is 5.75 Å². The van der Waals surface area contributed by atoms with Crippen molar-refractivity contribution >= 4 is 32.2 Å². The molecule has 0 radical (unpaired) electrons. The number of rotatable bonds is 16. The molecule has 0 saturated carbocycles. The third-order valence-corrected chi connectivity index (χ3v) is 7.04. The molecule has 0 bridgehead atoms. The van der Waals surface area contributed by atoms with Gasteiger partial charge in [-0.15, -0.1) is 0 Å². The zero-order chi connectivity index (χ0) is 29.9. The van der Waals surface area contributed by atoms with Crippen molar-refractivity contribution in [1.29, 1.82) is 0 Å². The lowest BCUT2D eigenvalue weighted by molar-refractivity contribution is -0.121. The van der Waals surface area contributed by atoms with Crippen LogP contribution in [0.15, 0.2) is 18.2 Å². The summed E-state index contributed by atoms with van der Waals surface area (Å²) >= 11 is 0. The Labute approximate surface area is 231 Å². The van der Waals surface area contributed by atoms with Crippen LogP contribution in [-0.4, -0.2) is 74.2 Å². The summed E-state index contributed by atoms with van der Waals surface area (Å²) in [5.41, 5.74) is 1.30. The summed E-state index contributed by atoms with van der Waals surface area (Å²) in [6.45, 7) is 9.36. The molecule has 0 fully saturated rings. The van der Waals surface area contributed by atoms with Gasteiger partial charge in [0.2, 0.25) is 5.91 Å². The lowest BCUT2D eigenvalue weighted by atomic mass is 9.97. The van der Waals surface area contributed by atoms with Gasteiger partial charge in [0.25, 0.3) is 20.2 Å². The summed E-state index contributed by atoms with van der Waals surface area (Å²) in [5.74, 6) is -1.79. The molecule has 39 heavy (non-hydrogen) atoms. The van der Waals surface area contributed by atoms with E-state index in [-0.39, 0.29) is 31.7 Å². The number of ether oxygens (including phenoxy) is 2. The van der Waals surface area contributed by atoms with E-state index in [2.05, 4.69) is 10.6 Å². The van der Waals surface area contributed by atoms with E-state index in [1.54, 1.807) is 20.8 Å². The predicted molar refractivity (Wildman–Crippen MR) is 147 cm³/mol. The Kier molecular flexibility index (Phi) is 13.7. The molecule has 2 amide bonds. The molecule has 1 aromatic rings. The number of carbonyl (C=O) groups excluding carboxylic acids is 2. The van der Waals surface area contributed by atoms with E-state index in [0.717, 1.165) is 16.9 Å². The third-order valence-electron chi connectivity index (χ3n) is 5.32. The van der Waals surface area contributed by atoms with Crippen LogP contribution in [0.25, 0.3) is 0 Å². The molecule has 12 nitrogen and oxygen atoms in total. The zero-order valence-corrected chi connectivity index (χ0v) is 24.9. The van der Waals surface area contributed by atoms with Gasteiger partial charge in [0.1, 0.15) is 11.4 Å². The lowest BCUT2D eigenvalue weighted by Gasteiger charge is -2.25. The number of hydrogen-bond donors (Lipinski definition) is 4. The second kappa shape index (κ2) is 15.4. The zero-order valence-electron chi connectivity index (χ0n) is 23.2.